The minimum absolute atomic E-state index is 0.0295. The van der Waals surface area contributed by atoms with Crippen molar-refractivity contribution in [3.05, 3.63) is 45.6 Å². The number of hydrogen-bond acceptors (Lipinski definition) is 6. The smallest absolute Gasteiger partial charge is 0.234 e. The van der Waals surface area contributed by atoms with E-state index in [4.69, 9.17) is 0 Å². The number of anilines is 1. The Labute approximate surface area is 196 Å². The topological polar surface area (TPSA) is 76.9 Å². The highest BCUT2D eigenvalue weighted by atomic mass is 32.2. The Morgan fingerprint density at radius 2 is 2.12 bits per heavy atom. The van der Waals surface area contributed by atoms with E-state index in [1.54, 1.807) is 24.3 Å². The molecule has 0 saturated heterocycles. The summed E-state index contributed by atoms with van der Waals surface area (Å²) in [6.07, 6.45) is 3.44. The zero-order valence-corrected chi connectivity index (χ0v) is 20.5. The van der Waals surface area contributed by atoms with Gasteiger partial charge in [0.15, 0.2) is 16.8 Å². The van der Waals surface area contributed by atoms with Crippen LogP contribution in [-0.4, -0.2) is 32.2 Å². The Balaban J connectivity index is 1.49. The van der Waals surface area contributed by atoms with Crippen molar-refractivity contribution in [2.75, 3.05) is 11.1 Å². The predicted molar refractivity (Wildman–Crippen MR) is 131 cm³/mol. The first-order valence-corrected chi connectivity index (χ1v) is 12.8. The zero-order chi connectivity index (χ0) is 22.8. The molecule has 1 N–H and O–H groups in total. The van der Waals surface area contributed by atoms with Gasteiger partial charge in [-0.1, -0.05) is 30.8 Å². The lowest BCUT2D eigenvalue weighted by atomic mass is 9.88. The number of nitrogens with one attached hydrogen (secondary N) is 1. The molecule has 3 aromatic rings. The average Bonchev–Trinajstić information content (AvgIpc) is 3.35. The van der Waals surface area contributed by atoms with Gasteiger partial charge in [0.05, 0.1) is 5.75 Å². The molecule has 0 fully saturated rings. The summed E-state index contributed by atoms with van der Waals surface area (Å²) in [5.74, 6) is 1.67. The van der Waals surface area contributed by atoms with Gasteiger partial charge in [-0.3, -0.25) is 14.2 Å². The minimum Gasteiger partial charge on any atom is -0.325 e. The molecule has 0 radical (unpaired) electrons. The van der Waals surface area contributed by atoms with Crippen LogP contribution in [0.1, 0.15) is 61.0 Å². The quantitative estimate of drug-likeness (QED) is 0.358. The van der Waals surface area contributed by atoms with Crippen LogP contribution < -0.4 is 5.32 Å². The van der Waals surface area contributed by atoms with Crippen LogP contribution >= 0.6 is 23.1 Å². The van der Waals surface area contributed by atoms with E-state index in [2.05, 4.69) is 46.2 Å². The highest BCUT2D eigenvalue weighted by Gasteiger charge is 2.25. The average molecular weight is 469 g/mol. The lowest BCUT2D eigenvalue weighted by Gasteiger charge is -2.19. The second-order valence-corrected chi connectivity index (χ2v) is 10.5. The van der Waals surface area contributed by atoms with E-state index in [9.17, 15) is 9.59 Å². The van der Waals surface area contributed by atoms with Crippen LogP contribution in [0.25, 0.3) is 11.4 Å². The maximum Gasteiger partial charge on any atom is 0.234 e. The number of Topliss-reactive ketones (excluding diaryl/α,β-unsaturated/α-hetero) is 1. The number of thioether (sulfide) groups is 1. The fraction of sp³-hybridized carbons (Fsp3) is 0.417. The van der Waals surface area contributed by atoms with Gasteiger partial charge in [0.25, 0.3) is 0 Å². The van der Waals surface area contributed by atoms with E-state index in [1.807, 2.05) is 11.3 Å². The van der Waals surface area contributed by atoms with Crippen molar-refractivity contribution in [2.24, 2.45) is 5.92 Å². The number of carbonyl (C=O) groups is 2. The van der Waals surface area contributed by atoms with Crippen LogP contribution in [0.3, 0.4) is 0 Å². The second kappa shape index (κ2) is 9.58. The monoisotopic (exact) mass is 468 g/mol. The van der Waals surface area contributed by atoms with Crippen molar-refractivity contribution < 1.29 is 9.59 Å². The molecule has 2 heterocycles. The summed E-state index contributed by atoms with van der Waals surface area (Å²) in [5, 5.41) is 14.8. The van der Waals surface area contributed by atoms with Gasteiger partial charge in [-0.15, -0.1) is 21.5 Å². The molecular weight excluding hydrogens is 440 g/mol. The first kappa shape index (κ1) is 22.7. The number of thiophene rings is 1. The molecule has 168 valence electrons. The molecule has 1 amide bonds. The van der Waals surface area contributed by atoms with Gasteiger partial charge in [0.2, 0.25) is 5.91 Å². The minimum atomic E-state index is -0.141. The molecule has 1 atom stereocenters. The number of carbonyl (C=O) groups excluding carboxylic acids is 2. The van der Waals surface area contributed by atoms with Crippen molar-refractivity contribution in [3.8, 4) is 11.4 Å². The Bertz CT molecular complexity index is 1150. The molecule has 1 unspecified atom stereocenters. The Morgan fingerprint density at radius 1 is 1.31 bits per heavy atom. The van der Waals surface area contributed by atoms with Crippen LogP contribution in [0.15, 0.2) is 34.8 Å². The van der Waals surface area contributed by atoms with Crippen molar-refractivity contribution in [1.82, 2.24) is 14.8 Å². The molecule has 1 aliphatic rings. The number of hydrogen-bond donors (Lipinski definition) is 1. The molecule has 0 spiro atoms. The number of amides is 1. The van der Waals surface area contributed by atoms with Gasteiger partial charge in [0, 0.05) is 33.1 Å². The zero-order valence-electron chi connectivity index (χ0n) is 18.8. The Kier molecular flexibility index (Phi) is 6.81. The molecule has 1 aliphatic carbocycles. The van der Waals surface area contributed by atoms with E-state index < -0.39 is 0 Å². The number of aromatic nitrogens is 3. The third-order valence-electron chi connectivity index (χ3n) is 5.71. The molecule has 32 heavy (non-hydrogen) atoms. The lowest BCUT2D eigenvalue weighted by Crippen LogP contribution is -2.15. The van der Waals surface area contributed by atoms with Gasteiger partial charge >= 0.3 is 0 Å². The van der Waals surface area contributed by atoms with Gasteiger partial charge < -0.3 is 5.32 Å². The molecule has 6 nitrogen and oxygen atoms in total. The summed E-state index contributed by atoms with van der Waals surface area (Å²) in [7, 11) is 0. The van der Waals surface area contributed by atoms with Crippen LogP contribution in [0.5, 0.6) is 0 Å². The number of fused-ring (bicyclic) bond motifs is 1. The van der Waals surface area contributed by atoms with Crippen molar-refractivity contribution in [1.29, 1.82) is 0 Å². The summed E-state index contributed by atoms with van der Waals surface area (Å²) in [5.41, 5.74) is 3.80. The van der Waals surface area contributed by atoms with E-state index in [1.165, 1.54) is 41.1 Å². The van der Waals surface area contributed by atoms with Crippen LogP contribution in [0.4, 0.5) is 5.69 Å². The van der Waals surface area contributed by atoms with Gasteiger partial charge in [-0.05, 0) is 63.6 Å². The van der Waals surface area contributed by atoms with Crippen molar-refractivity contribution in [2.45, 2.75) is 58.2 Å². The van der Waals surface area contributed by atoms with Crippen molar-refractivity contribution >= 4 is 40.5 Å². The second-order valence-electron chi connectivity index (χ2n) is 8.64. The molecule has 8 heteroatoms. The maximum absolute atomic E-state index is 12.5. The number of benzene rings is 1. The van der Waals surface area contributed by atoms with E-state index in [0.29, 0.717) is 11.3 Å². The van der Waals surface area contributed by atoms with Gasteiger partial charge in [-0.2, -0.15) is 0 Å². The number of rotatable bonds is 7. The lowest BCUT2D eigenvalue weighted by molar-refractivity contribution is -0.113. The predicted octanol–water partition coefficient (Wildman–Crippen LogP) is 5.65. The largest absolute Gasteiger partial charge is 0.325 e. The van der Waals surface area contributed by atoms with Gasteiger partial charge in [-0.25, -0.2) is 0 Å². The van der Waals surface area contributed by atoms with Crippen LogP contribution in [-0.2, 0) is 17.6 Å². The summed E-state index contributed by atoms with van der Waals surface area (Å²) in [4.78, 5) is 25.6. The maximum atomic E-state index is 12.5. The van der Waals surface area contributed by atoms with E-state index in [-0.39, 0.29) is 23.5 Å². The van der Waals surface area contributed by atoms with E-state index >= 15 is 0 Å². The third-order valence-corrected chi connectivity index (χ3v) is 7.70. The molecule has 4 rings (SSSR count). The van der Waals surface area contributed by atoms with Gasteiger partial charge in [0.1, 0.15) is 0 Å². The third kappa shape index (κ3) is 4.81. The highest BCUT2D eigenvalue weighted by Crippen LogP contribution is 2.39. The fourth-order valence-corrected chi connectivity index (χ4v) is 6.14. The summed E-state index contributed by atoms with van der Waals surface area (Å²) in [6.45, 7) is 8.06. The number of ketones is 1. The van der Waals surface area contributed by atoms with Crippen LogP contribution in [0.2, 0.25) is 0 Å². The molecule has 1 aromatic carbocycles. The molecule has 0 bridgehead atoms. The summed E-state index contributed by atoms with van der Waals surface area (Å²) < 4.78 is 2.13. The Hall–Kier alpha value is -2.45. The Morgan fingerprint density at radius 3 is 2.88 bits per heavy atom. The van der Waals surface area contributed by atoms with E-state index in [0.717, 1.165) is 29.7 Å². The standard InChI is InChI=1S/C24H28N4O2S2/c1-14(2)28-23(20-12-31-21-10-15(3)8-9-19(20)21)26-27-24(28)32-13-22(30)25-18-7-5-6-17(11-18)16(4)29/h5-7,11-12,14-15H,8-10,13H2,1-4H3,(H,25,30). The first-order chi connectivity index (χ1) is 15.3. The fourth-order valence-electron chi connectivity index (χ4n) is 4.03. The van der Waals surface area contributed by atoms with Crippen molar-refractivity contribution in [3.63, 3.8) is 0 Å². The molecular formula is C24H28N4O2S2. The normalized spacial score (nSPS) is 15.6. The van der Waals surface area contributed by atoms with Crippen LogP contribution in [0, 0.1) is 5.92 Å². The first-order valence-electron chi connectivity index (χ1n) is 10.9. The molecule has 0 aliphatic heterocycles. The molecule has 2 aromatic heterocycles. The molecule has 0 saturated carbocycles. The SMILES string of the molecule is CC(=O)c1cccc(NC(=O)CSc2nnc(-c3csc4c3CCC(C)C4)n2C(C)C)c1. The number of nitrogens with zero attached hydrogens (tertiary/aromatic N) is 3. The summed E-state index contributed by atoms with van der Waals surface area (Å²) >= 11 is 3.21. The highest BCUT2D eigenvalue weighted by molar-refractivity contribution is 7.99. The summed E-state index contributed by atoms with van der Waals surface area (Å²) in [6, 6.07) is 7.16.